The van der Waals surface area contributed by atoms with Crippen LogP contribution in [0.2, 0.25) is 0 Å². The lowest BCUT2D eigenvalue weighted by molar-refractivity contribution is -0.117. The van der Waals surface area contributed by atoms with Gasteiger partial charge in [0.15, 0.2) is 0 Å². The van der Waals surface area contributed by atoms with Gasteiger partial charge in [0.25, 0.3) is 0 Å². The van der Waals surface area contributed by atoms with Crippen LogP contribution in [0.5, 0.6) is 0 Å². The number of nitrogens with one attached hydrogen (secondary N) is 1. The highest BCUT2D eigenvalue weighted by molar-refractivity contribution is 5.89. The second-order valence-electron chi connectivity index (χ2n) is 6.86. The molecule has 1 aromatic carbocycles. The van der Waals surface area contributed by atoms with Crippen molar-refractivity contribution in [1.29, 1.82) is 0 Å². The Balaban J connectivity index is 1.83. The number of hydrogen-bond donors (Lipinski definition) is 1. The molecule has 8 nitrogen and oxygen atoms in total. The van der Waals surface area contributed by atoms with Gasteiger partial charge in [0.1, 0.15) is 18.7 Å². The van der Waals surface area contributed by atoms with Crippen LogP contribution in [0, 0.1) is 0 Å². The topological polar surface area (TPSA) is 90.5 Å². The Morgan fingerprint density at radius 3 is 2.60 bits per heavy atom. The molecule has 2 aromatic heterocycles. The van der Waals surface area contributed by atoms with Crippen molar-refractivity contribution in [1.82, 2.24) is 30.0 Å². The van der Waals surface area contributed by atoms with E-state index >= 15 is 0 Å². The van der Waals surface area contributed by atoms with Crippen molar-refractivity contribution < 1.29 is 4.79 Å². The van der Waals surface area contributed by atoms with E-state index in [4.69, 9.17) is 0 Å². The molecule has 2 heterocycles. The predicted octanol–water partition coefficient (Wildman–Crippen LogP) is 1.85. The van der Waals surface area contributed by atoms with Gasteiger partial charge in [-0.3, -0.25) is 4.79 Å². The van der Waals surface area contributed by atoms with E-state index in [-0.39, 0.29) is 17.9 Å². The van der Waals surface area contributed by atoms with Crippen LogP contribution in [0.15, 0.2) is 42.7 Å². The number of carbonyl (C=O) groups is 1. The summed E-state index contributed by atoms with van der Waals surface area (Å²) in [7, 11) is 0. The third kappa shape index (κ3) is 4.28. The van der Waals surface area contributed by atoms with E-state index in [2.05, 4.69) is 46.7 Å². The molecule has 0 spiro atoms. The van der Waals surface area contributed by atoms with E-state index in [9.17, 15) is 4.79 Å². The van der Waals surface area contributed by atoms with Gasteiger partial charge in [0.2, 0.25) is 5.91 Å². The van der Waals surface area contributed by atoms with E-state index < -0.39 is 0 Å². The molecule has 0 bridgehead atoms. The zero-order valence-electron chi connectivity index (χ0n) is 14.5. The quantitative estimate of drug-likeness (QED) is 0.766. The lowest BCUT2D eigenvalue weighted by Gasteiger charge is -2.14. The Kier molecular flexibility index (Phi) is 4.60. The van der Waals surface area contributed by atoms with E-state index in [1.165, 1.54) is 11.0 Å². The molecule has 0 saturated heterocycles. The lowest BCUT2D eigenvalue weighted by atomic mass is 9.92. The van der Waals surface area contributed by atoms with Crippen LogP contribution in [-0.2, 0) is 23.3 Å². The fraction of sp³-hybridized carbons (Fsp3) is 0.353. The average Bonchev–Trinajstić information content (AvgIpc) is 3.18. The van der Waals surface area contributed by atoms with Crippen molar-refractivity contribution in [2.45, 2.75) is 39.3 Å². The second kappa shape index (κ2) is 6.84. The van der Waals surface area contributed by atoms with Crippen molar-refractivity contribution in [3.05, 3.63) is 54.0 Å². The van der Waals surface area contributed by atoms with Crippen LogP contribution in [-0.4, -0.2) is 35.9 Å². The smallest absolute Gasteiger partial charge is 0.247 e. The van der Waals surface area contributed by atoms with Crippen molar-refractivity contribution in [3.63, 3.8) is 0 Å². The van der Waals surface area contributed by atoms with E-state index in [1.807, 2.05) is 41.1 Å². The number of amides is 1. The molecule has 0 aliphatic carbocycles. The van der Waals surface area contributed by atoms with Crippen molar-refractivity contribution in [2.75, 3.05) is 5.32 Å². The molecule has 0 unspecified atom stereocenters. The molecular formula is C17H21N7O. The summed E-state index contributed by atoms with van der Waals surface area (Å²) in [6.45, 7) is 6.91. The van der Waals surface area contributed by atoms with Crippen LogP contribution in [0.3, 0.4) is 0 Å². The normalized spacial score (nSPS) is 11.5. The van der Waals surface area contributed by atoms with Gasteiger partial charge in [-0.2, -0.15) is 5.10 Å². The summed E-state index contributed by atoms with van der Waals surface area (Å²) < 4.78 is 3.19. The van der Waals surface area contributed by atoms with Gasteiger partial charge in [0.05, 0.1) is 12.2 Å². The van der Waals surface area contributed by atoms with Gasteiger partial charge in [-0.1, -0.05) is 51.1 Å². The first-order valence-corrected chi connectivity index (χ1v) is 8.05. The molecule has 0 fully saturated rings. The molecule has 8 heteroatoms. The fourth-order valence-corrected chi connectivity index (χ4v) is 2.34. The molecular weight excluding hydrogens is 318 g/mol. The minimum absolute atomic E-state index is 0.0500. The molecule has 25 heavy (non-hydrogen) atoms. The van der Waals surface area contributed by atoms with E-state index in [1.54, 1.807) is 0 Å². The largest absolute Gasteiger partial charge is 0.309 e. The molecule has 130 valence electrons. The Hall–Kier alpha value is -3.03. The number of aromatic nitrogens is 6. The first-order chi connectivity index (χ1) is 11.9. The van der Waals surface area contributed by atoms with Crippen LogP contribution in [0.25, 0.3) is 0 Å². The zero-order valence-corrected chi connectivity index (χ0v) is 14.5. The summed E-state index contributed by atoms with van der Waals surface area (Å²) in [6, 6.07) is 11.9. The Morgan fingerprint density at radius 1 is 1.20 bits per heavy atom. The molecule has 0 aliphatic heterocycles. The van der Waals surface area contributed by atoms with Crippen LogP contribution < -0.4 is 5.32 Å². The third-order valence-electron chi connectivity index (χ3n) is 3.69. The monoisotopic (exact) mass is 339 g/mol. The van der Waals surface area contributed by atoms with E-state index in [0.717, 1.165) is 11.3 Å². The number of hydrogen-bond acceptors (Lipinski definition) is 5. The molecule has 0 saturated carbocycles. The number of tetrazole rings is 1. The molecule has 3 aromatic rings. The SMILES string of the molecule is CC(C)(C)c1cc(NC(=O)Cn2cnnn2)n(Cc2ccccc2)n1. The maximum absolute atomic E-state index is 12.3. The molecule has 0 radical (unpaired) electrons. The maximum atomic E-state index is 12.3. The molecule has 1 N–H and O–H groups in total. The first-order valence-electron chi connectivity index (χ1n) is 8.05. The minimum Gasteiger partial charge on any atom is -0.309 e. The summed E-state index contributed by atoms with van der Waals surface area (Å²) in [6.07, 6.45) is 1.40. The van der Waals surface area contributed by atoms with Crippen LogP contribution >= 0.6 is 0 Å². The number of benzene rings is 1. The number of carbonyl (C=O) groups excluding carboxylic acids is 1. The summed E-state index contributed by atoms with van der Waals surface area (Å²) in [4.78, 5) is 12.3. The first kappa shape index (κ1) is 16.8. The average molecular weight is 339 g/mol. The van der Waals surface area contributed by atoms with Crippen molar-refractivity contribution in [2.24, 2.45) is 0 Å². The van der Waals surface area contributed by atoms with Crippen molar-refractivity contribution >= 4 is 11.7 Å². The number of nitrogens with zero attached hydrogens (tertiary/aromatic N) is 6. The zero-order chi connectivity index (χ0) is 17.9. The summed E-state index contributed by atoms with van der Waals surface area (Å²) in [5, 5.41) is 18.3. The molecule has 1 amide bonds. The maximum Gasteiger partial charge on any atom is 0.247 e. The molecule has 0 atom stereocenters. The highest BCUT2D eigenvalue weighted by Gasteiger charge is 2.21. The highest BCUT2D eigenvalue weighted by atomic mass is 16.2. The summed E-state index contributed by atoms with van der Waals surface area (Å²) in [5.74, 6) is 0.453. The van der Waals surface area contributed by atoms with Gasteiger partial charge >= 0.3 is 0 Å². The molecule has 0 aliphatic rings. The summed E-state index contributed by atoms with van der Waals surface area (Å²) >= 11 is 0. The number of anilines is 1. The van der Waals surface area contributed by atoms with Crippen LogP contribution in [0.1, 0.15) is 32.0 Å². The highest BCUT2D eigenvalue weighted by Crippen LogP contribution is 2.24. The Morgan fingerprint density at radius 2 is 1.96 bits per heavy atom. The van der Waals surface area contributed by atoms with Gasteiger partial charge in [-0.25, -0.2) is 9.36 Å². The molecule has 3 rings (SSSR count). The van der Waals surface area contributed by atoms with Gasteiger partial charge < -0.3 is 5.32 Å². The van der Waals surface area contributed by atoms with Gasteiger partial charge in [-0.05, 0) is 16.0 Å². The van der Waals surface area contributed by atoms with Gasteiger partial charge in [0, 0.05) is 11.5 Å². The van der Waals surface area contributed by atoms with Crippen LogP contribution in [0.4, 0.5) is 5.82 Å². The van der Waals surface area contributed by atoms with Gasteiger partial charge in [-0.15, -0.1) is 5.10 Å². The Labute approximate surface area is 145 Å². The third-order valence-corrected chi connectivity index (χ3v) is 3.69. The minimum atomic E-state index is -0.207. The fourth-order valence-electron chi connectivity index (χ4n) is 2.34. The van der Waals surface area contributed by atoms with Crippen molar-refractivity contribution in [3.8, 4) is 0 Å². The lowest BCUT2D eigenvalue weighted by Crippen LogP contribution is -2.21. The predicted molar refractivity (Wildman–Crippen MR) is 92.9 cm³/mol. The Bertz CT molecular complexity index is 832. The summed E-state index contributed by atoms with van der Waals surface area (Å²) in [5.41, 5.74) is 1.92. The van der Waals surface area contributed by atoms with E-state index in [0.29, 0.717) is 12.4 Å². The standard InChI is InChI=1S/C17H21N7O/c1-17(2,3)14-9-15(19-16(25)11-23-12-18-21-22-23)24(20-14)10-13-7-5-4-6-8-13/h4-9,12H,10-11H2,1-3H3,(H,19,25). The second-order valence-corrected chi connectivity index (χ2v) is 6.86. The number of rotatable bonds is 5.